The topological polar surface area (TPSA) is 64.4 Å². The molecule has 0 unspecified atom stereocenters. The Labute approximate surface area is 176 Å². The minimum atomic E-state index is -0.545. The third-order valence-electron chi connectivity index (χ3n) is 5.36. The molecule has 0 radical (unpaired) electrons. The number of aromatic nitrogens is 2. The second-order valence-electron chi connectivity index (χ2n) is 7.73. The Balaban J connectivity index is 1.44. The van der Waals surface area contributed by atoms with Crippen LogP contribution in [0.15, 0.2) is 60.7 Å². The van der Waals surface area contributed by atoms with Crippen LogP contribution in [0.25, 0.3) is 5.69 Å². The van der Waals surface area contributed by atoms with Gasteiger partial charge in [0.15, 0.2) is 12.3 Å². The summed E-state index contributed by atoms with van der Waals surface area (Å²) in [5.41, 5.74) is 4.22. The Hall–Kier alpha value is -3.41. The molecule has 1 aromatic heterocycles. The van der Waals surface area contributed by atoms with Gasteiger partial charge in [-0.25, -0.2) is 9.48 Å². The second-order valence-corrected chi connectivity index (χ2v) is 7.73. The maximum absolute atomic E-state index is 12.8. The van der Waals surface area contributed by atoms with E-state index in [1.54, 1.807) is 22.7 Å². The fourth-order valence-corrected chi connectivity index (χ4v) is 3.33. The molecule has 0 aliphatic heterocycles. The van der Waals surface area contributed by atoms with E-state index in [4.69, 9.17) is 4.74 Å². The summed E-state index contributed by atoms with van der Waals surface area (Å²) >= 11 is 0. The van der Waals surface area contributed by atoms with Gasteiger partial charge in [-0.2, -0.15) is 5.10 Å². The Morgan fingerprint density at radius 3 is 2.50 bits per heavy atom. The molecule has 6 heteroatoms. The highest BCUT2D eigenvalue weighted by Crippen LogP contribution is 2.39. The first-order valence-corrected chi connectivity index (χ1v) is 10.1. The van der Waals surface area contributed by atoms with Gasteiger partial charge in [0.2, 0.25) is 0 Å². The summed E-state index contributed by atoms with van der Waals surface area (Å²) in [6, 6.07) is 19.2. The van der Waals surface area contributed by atoms with Crippen LogP contribution in [0.1, 0.15) is 46.1 Å². The van der Waals surface area contributed by atoms with E-state index >= 15 is 0 Å². The quantitative estimate of drug-likeness (QED) is 0.562. The van der Waals surface area contributed by atoms with Crippen LogP contribution in [0.2, 0.25) is 0 Å². The molecule has 1 amide bonds. The fourth-order valence-electron chi connectivity index (χ4n) is 3.33. The van der Waals surface area contributed by atoms with E-state index in [0.29, 0.717) is 18.2 Å². The lowest BCUT2D eigenvalue weighted by molar-refractivity contribution is -0.133. The standard InChI is InChI=1S/C24H25N3O3/c1-17-8-6-7-9-19(17)15-26(2)23(28)16-30-24(29)22-14-21(18-12-13-18)25-27(22)20-10-4-3-5-11-20/h3-11,14,18H,12-13,15-16H2,1-2H3. The molecular weight excluding hydrogens is 378 g/mol. The van der Waals surface area contributed by atoms with E-state index < -0.39 is 5.97 Å². The zero-order valence-electron chi connectivity index (χ0n) is 17.2. The second kappa shape index (κ2) is 8.53. The summed E-state index contributed by atoms with van der Waals surface area (Å²) in [4.78, 5) is 26.8. The van der Waals surface area contributed by atoms with E-state index in [2.05, 4.69) is 5.10 Å². The molecule has 1 saturated carbocycles. The SMILES string of the molecule is Cc1ccccc1CN(C)C(=O)COC(=O)c1cc(C2CC2)nn1-c1ccccc1. The van der Waals surface area contributed by atoms with Crippen molar-refractivity contribution in [2.75, 3.05) is 13.7 Å². The zero-order chi connectivity index (χ0) is 21.1. The van der Waals surface area contributed by atoms with E-state index in [0.717, 1.165) is 35.3 Å². The lowest BCUT2D eigenvalue weighted by Crippen LogP contribution is -2.31. The van der Waals surface area contributed by atoms with Crippen molar-refractivity contribution < 1.29 is 14.3 Å². The summed E-state index contributed by atoms with van der Waals surface area (Å²) < 4.78 is 6.97. The summed E-state index contributed by atoms with van der Waals surface area (Å²) in [5, 5.41) is 4.61. The number of amides is 1. The van der Waals surface area contributed by atoms with Crippen LogP contribution in [-0.2, 0) is 16.1 Å². The number of para-hydroxylation sites is 1. The lowest BCUT2D eigenvalue weighted by atomic mass is 10.1. The molecule has 6 nitrogen and oxygen atoms in total. The lowest BCUT2D eigenvalue weighted by Gasteiger charge is -2.18. The van der Waals surface area contributed by atoms with Gasteiger partial charge in [0, 0.05) is 19.5 Å². The first-order valence-electron chi connectivity index (χ1n) is 10.1. The highest BCUT2D eigenvalue weighted by molar-refractivity contribution is 5.90. The summed E-state index contributed by atoms with van der Waals surface area (Å²) in [6.45, 7) is 2.17. The molecule has 1 aliphatic rings. The Bertz CT molecular complexity index is 1050. The minimum Gasteiger partial charge on any atom is -0.451 e. The van der Waals surface area contributed by atoms with Gasteiger partial charge in [-0.1, -0.05) is 42.5 Å². The van der Waals surface area contributed by atoms with Crippen molar-refractivity contribution >= 4 is 11.9 Å². The Kier molecular flexibility index (Phi) is 5.65. The molecule has 1 heterocycles. The number of nitrogens with zero attached hydrogens (tertiary/aromatic N) is 3. The molecule has 0 spiro atoms. The van der Waals surface area contributed by atoms with Crippen molar-refractivity contribution in [1.82, 2.24) is 14.7 Å². The van der Waals surface area contributed by atoms with Gasteiger partial charge in [0.1, 0.15) is 0 Å². The normalized spacial score (nSPS) is 13.1. The number of ether oxygens (including phenoxy) is 1. The number of rotatable bonds is 7. The molecule has 30 heavy (non-hydrogen) atoms. The molecule has 1 fully saturated rings. The number of likely N-dealkylation sites (N-methyl/N-ethyl adjacent to an activating group) is 1. The number of esters is 1. The maximum atomic E-state index is 12.8. The van der Waals surface area contributed by atoms with Crippen LogP contribution in [-0.4, -0.2) is 40.2 Å². The third kappa shape index (κ3) is 4.43. The molecular formula is C24H25N3O3. The van der Waals surface area contributed by atoms with Gasteiger partial charge in [0.25, 0.3) is 5.91 Å². The van der Waals surface area contributed by atoms with Crippen LogP contribution in [0, 0.1) is 6.92 Å². The molecule has 4 rings (SSSR count). The van der Waals surface area contributed by atoms with E-state index in [1.807, 2.05) is 61.5 Å². The number of carbonyl (C=O) groups is 2. The van der Waals surface area contributed by atoms with E-state index in [1.165, 1.54) is 0 Å². The van der Waals surface area contributed by atoms with Gasteiger partial charge < -0.3 is 9.64 Å². The van der Waals surface area contributed by atoms with Crippen molar-refractivity contribution in [2.24, 2.45) is 0 Å². The summed E-state index contributed by atoms with van der Waals surface area (Å²) in [5.74, 6) is -0.390. The minimum absolute atomic E-state index is 0.250. The van der Waals surface area contributed by atoms with Crippen molar-refractivity contribution in [2.45, 2.75) is 32.2 Å². The van der Waals surface area contributed by atoms with Crippen LogP contribution < -0.4 is 0 Å². The highest BCUT2D eigenvalue weighted by Gasteiger charge is 2.29. The number of benzene rings is 2. The van der Waals surface area contributed by atoms with Crippen molar-refractivity contribution in [3.63, 3.8) is 0 Å². The van der Waals surface area contributed by atoms with Crippen molar-refractivity contribution in [3.8, 4) is 5.69 Å². The molecule has 1 aliphatic carbocycles. The molecule has 0 N–H and O–H groups in total. The monoisotopic (exact) mass is 403 g/mol. The number of carbonyl (C=O) groups excluding carboxylic acids is 2. The number of hydrogen-bond donors (Lipinski definition) is 0. The third-order valence-corrected chi connectivity index (χ3v) is 5.36. The Morgan fingerprint density at radius 2 is 1.80 bits per heavy atom. The Morgan fingerprint density at radius 1 is 1.10 bits per heavy atom. The van der Waals surface area contributed by atoms with Gasteiger partial charge >= 0.3 is 5.97 Å². The molecule has 3 aromatic rings. The van der Waals surface area contributed by atoms with Gasteiger partial charge in [0.05, 0.1) is 11.4 Å². The van der Waals surface area contributed by atoms with Crippen molar-refractivity contribution in [3.05, 3.63) is 83.2 Å². The molecule has 0 atom stereocenters. The maximum Gasteiger partial charge on any atom is 0.357 e. The molecule has 154 valence electrons. The largest absolute Gasteiger partial charge is 0.451 e. The highest BCUT2D eigenvalue weighted by atomic mass is 16.5. The van der Waals surface area contributed by atoms with Crippen LogP contribution in [0.4, 0.5) is 0 Å². The molecule has 0 saturated heterocycles. The van der Waals surface area contributed by atoms with Crippen LogP contribution in [0.5, 0.6) is 0 Å². The van der Waals surface area contributed by atoms with Crippen LogP contribution in [0.3, 0.4) is 0 Å². The number of hydrogen-bond acceptors (Lipinski definition) is 4. The predicted octanol–water partition coefficient (Wildman–Crippen LogP) is 3.87. The van der Waals surface area contributed by atoms with Crippen LogP contribution >= 0.6 is 0 Å². The average Bonchev–Trinajstić information content (AvgIpc) is 3.52. The van der Waals surface area contributed by atoms with Gasteiger partial charge in [-0.3, -0.25) is 4.79 Å². The van der Waals surface area contributed by atoms with E-state index in [-0.39, 0.29) is 12.5 Å². The van der Waals surface area contributed by atoms with E-state index in [9.17, 15) is 9.59 Å². The fraction of sp³-hybridized carbons (Fsp3) is 0.292. The number of aryl methyl sites for hydroxylation is 1. The van der Waals surface area contributed by atoms with Gasteiger partial charge in [-0.05, 0) is 49.1 Å². The first-order chi connectivity index (χ1) is 14.5. The predicted molar refractivity (Wildman–Crippen MR) is 113 cm³/mol. The van der Waals surface area contributed by atoms with Crippen molar-refractivity contribution in [1.29, 1.82) is 0 Å². The van der Waals surface area contributed by atoms with Gasteiger partial charge in [-0.15, -0.1) is 0 Å². The average molecular weight is 403 g/mol. The first kappa shape index (κ1) is 19.9. The molecule has 2 aromatic carbocycles. The smallest absolute Gasteiger partial charge is 0.357 e. The zero-order valence-corrected chi connectivity index (χ0v) is 17.2. The summed E-state index contributed by atoms with van der Waals surface area (Å²) in [7, 11) is 1.71. The summed E-state index contributed by atoms with van der Waals surface area (Å²) in [6.07, 6.45) is 2.17. The molecule has 0 bridgehead atoms.